The molecule has 2 fully saturated rings. The third-order valence-electron chi connectivity index (χ3n) is 4.89. The van der Waals surface area contributed by atoms with Crippen LogP contribution in [0.15, 0.2) is 24.3 Å². The molecule has 3 amide bonds. The fourth-order valence-corrected chi connectivity index (χ4v) is 3.53. The van der Waals surface area contributed by atoms with E-state index in [4.69, 9.17) is 0 Å². The van der Waals surface area contributed by atoms with Gasteiger partial charge >= 0.3 is 12.2 Å². The molecule has 2 heterocycles. The average Bonchev–Trinajstić information content (AvgIpc) is 3.12. The molecule has 2 aliphatic rings. The lowest BCUT2D eigenvalue weighted by Crippen LogP contribution is -2.37. The van der Waals surface area contributed by atoms with E-state index in [-0.39, 0.29) is 23.8 Å². The molecule has 0 radical (unpaired) electrons. The molecule has 0 saturated carbocycles. The van der Waals surface area contributed by atoms with Crippen LogP contribution in [0.3, 0.4) is 0 Å². The highest BCUT2D eigenvalue weighted by atomic mass is 19.4. The van der Waals surface area contributed by atoms with Gasteiger partial charge in [0.15, 0.2) is 0 Å². The van der Waals surface area contributed by atoms with Crippen LogP contribution in [0.4, 0.5) is 23.7 Å². The SMILES string of the molecule is CCC(=O)N1CC2CN(C(=O)Nc3ccc(C(F)(F)F)cc3)CC2C1. The quantitative estimate of drug-likeness (QED) is 0.887. The summed E-state index contributed by atoms with van der Waals surface area (Å²) in [5.41, 5.74) is -0.417. The minimum atomic E-state index is -4.39. The molecule has 2 unspecified atom stereocenters. The Bertz CT molecular complexity index is 646. The second-order valence-electron chi connectivity index (χ2n) is 6.58. The van der Waals surface area contributed by atoms with Crippen LogP contribution < -0.4 is 5.32 Å². The summed E-state index contributed by atoms with van der Waals surface area (Å²) in [7, 11) is 0. The number of hydrogen-bond acceptors (Lipinski definition) is 2. The summed E-state index contributed by atoms with van der Waals surface area (Å²) in [6, 6.07) is 4.08. The van der Waals surface area contributed by atoms with Gasteiger partial charge in [0, 0.05) is 50.1 Å². The monoisotopic (exact) mass is 355 g/mol. The molecule has 1 aromatic rings. The number of fused-ring (bicyclic) bond motifs is 1. The zero-order valence-electron chi connectivity index (χ0n) is 13.8. The molecule has 1 N–H and O–H groups in total. The Kier molecular flexibility index (Phi) is 4.62. The van der Waals surface area contributed by atoms with Crippen LogP contribution in [0.25, 0.3) is 0 Å². The summed E-state index contributed by atoms with van der Waals surface area (Å²) in [6.07, 6.45) is -3.91. The number of nitrogens with zero attached hydrogens (tertiary/aromatic N) is 2. The largest absolute Gasteiger partial charge is 0.416 e. The van der Waals surface area contributed by atoms with Crippen molar-refractivity contribution in [2.45, 2.75) is 19.5 Å². The molecule has 0 bridgehead atoms. The first-order valence-electron chi connectivity index (χ1n) is 8.29. The molecular formula is C17H20F3N3O2. The maximum absolute atomic E-state index is 12.5. The van der Waals surface area contributed by atoms with Crippen LogP contribution in [0.5, 0.6) is 0 Å². The number of benzene rings is 1. The van der Waals surface area contributed by atoms with E-state index in [2.05, 4.69) is 5.32 Å². The van der Waals surface area contributed by atoms with E-state index in [1.807, 2.05) is 11.8 Å². The lowest BCUT2D eigenvalue weighted by atomic mass is 10.0. The van der Waals surface area contributed by atoms with Crippen LogP contribution in [0.1, 0.15) is 18.9 Å². The number of nitrogens with one attached hydrogen (secondary N) is 1. The van der Waals surface area contributed by atoms with Crippen molar-refractivity contribution in [2.75, 3.05) is 31.5 Å². The van der Waals surface area contributed by atoms with E-state index in [1.165, 1.54) is 12.1 Å². The van der Waals surface area contributed by atoms with Gasteiger partial charge < -0.3 is 15.1 Å². The number of urea groups is 1. The van der Waals surface area contributed by atoms with Crippen molar-refractivity contribution < 1.29 is 22.8 Å². The summed E-state index contributed by atoms with van der Waals surface area (Å²) >= 11 is 0. The third-order valence-corrected chi connectivity index (χ3v) is 4.89. The van der Waals surface area contributed by atoms with Crippen LogP contribution in [0.2, 0.25) is 0 Å². The molecule has 2 aliphatic heterocycles. The van der Waals surface area contributed by atoms with E-state index in [1.54, 1.807) is 4.90 Å². The molecule has 2 saturated heterocycles. The number of carbonyl (C=O) groups is 2. The minimum Gasteiger partial charge on any atom is -0.342 e. The molecular weight excluding hydrogens is 335 g/mol. The van der Waals surface area contributed by atoms with Crippen LogP contribution in [-0.4, -0.2) is 47.9 Å². The van der Waals surface area contributed by atoms with Crippen molar-refractivity contribution in [1.29, 1.82) is 0 Å². The van der Waals surface area contributed by atoms with E-state index in [0.717, 1.165) is 12.1 Å². The van der Waals surface area contributed by atoms with E-state index >= 15 is 0 Å². The van der Waals surface area contributed by atoms with Gasteiger partial charge in [0.1, 0.15) is 0 Å². The Morgan fingerprint density at radius 1 is 1.04 bits per heavy atom. The van der Waals surface area contributed by atoms with Gasteiger partial charge in [-0.25, -0.2) is 4.79 Å². The first-order chi connectivity index (χ1) is 11.8. The molecule has 0 aliphatic carbocycles. The maximum atomic E-state index is 12.5. The highest BCUT2D eigenvalue weighted by molar-refractivity contribution is 5.89. The first-order valence-corrected chi connectivity index (χ1v) is 8.29. The number of halogens is 3. The maximum Gasteiger partial charge on any atom is 0.416 e. The molecule has 0 aromatic heterocycles. The van der Waals surface area contributed by atoms with Gasteiger partial charge in [-0.1, -0.05) is 6.92 Å². The number of anilines is 1. The van der Waals surface area contributed by atoms with Gasteiger partial charge in [-0.15, -0.1) is 0 Å². The zero-order valence-corrected chi connectivity index (χ0v) is 13.8. The van der Waals surface area contributed by atoms with Gasteiger partial charge in [-0.3, -0.25) is 4.79 Å². The van der Waals surface area contributed by atoms with Gasteiger partial charge in [0.2, 0.25) is 5.91 Å². The van der Waals surface area contributed by atoms with E-state index in [9.17, 15) is 22.8 Å². The third kappa shape index (κ3) is 3.72. The molecule has 5 nitrogen and oxygen atoms in total. The van der Waals surface area contributed by atoms with E-state index < -0.39 is 11.7 Å². The Hall–Kier alpha value is -2.25. The summed E-state index contributed by atoms with van der Waals surface area (Å²) < 4.78 is 37.6. The number of carbonyl (C=O) groups excluding carboxylic acids is 2. The Labute approximate surface area is 143 Å². The Morgan fingerprint density at radius 2 is 1.56 bits per heavy atom. The van der Waals surface area contributed by atoms with Gasteiger partial charge in [0.25, 0.3) is 0 Å². The van der Waals surface area contributed by atoms with Crippen LogP contribution >= 0.6 is 0 Å². The van der Waals surface area contributed by atoms with Crippen molar-refractivity contribution in [3.63, 3.8) is 0 Å². The van der Waals surface area contributed by atoms with Gasteiger partial charge in [0.05, 0.1) is 5.56 Å². The fourth-order valence-electron chi connectivity index (χ4n) is 3.53. The normalized spacial score (nSPS) is 22.9. The van der Waals surface area contributed by atoms with Crippen molar-refractivity contribution in [2.24, 2.45) is 11.8 Å². The second-order valence-corrected chi connectivity index (χ2v) is 6.58. The molecule has 8 heteroatoms. The summed E-state index contributed by atoms with van der Waals surface area (Å²) in [6.45, 7) is 4.29. The van der Waals surface area contributed by atoms with Gasteiger partial charge in [-0.05, 0) is 24.3 Å². The zero-order chi connectivity index (χ0) is 18.2. The Morgan fingerprint density at radius 3 is 2.04 bits per heavy atom. The molecule has 0 spiro atoms. The first kappa shape index (κ1) is 17.6. The number of amides is 3. The number of rotatable bonds is 2. The topological polar surface area (TPSA) is 52.7 Å². The highest BCUT2D eigenvalue weighted by Crippen LogP contribution is 2.32. The average molecular weight is 355 g/mol. The van der Waals surface area contributed by atoms with Crippen LogP contribution in [0, 0.1) is 11.8 Å². The minimum absolute atomic E-state index is 0.134. The summed E-state index contributed by atoms with van der Waals surface area (Å²) in [5.74, 6) is 0.679. The number of alkyl halides is 3. The predicted octanol–water partition coefficient (Wildman–Crippen LogP) is 3.04. The summed E-state index contributed by atoms with van der Waals surface area (Å²) in [5, 5.41) is 2.64. The van der Waals surface area contributed by atoms with Crippen molar-refractivity contribution >= 4 is 17.6 Å². The van der Waals surface area contributed by atoms with Crippen LogP contribution in [-0.2, 0) is 11.0 Å². The number of hydrogen-bond donors (Lipinski definition) is 1. The smallest absolute Gasteiger partial charge is 0.342 e. The molecule has 1 aromatic carbocycles. The molecule has 136 valence electrons. The second kappa shape index (κ2) is 6.57. The van der Waals surface area contributed by atoms with E-state index in [0.29, 0.717) is 38.3 Å². The standard InChI is InChI=1S/C17H20F3N3O2/c1-2-15(24)22-7-11-9-23(10-12(11)8-22)16(25)21-14-5-3-13(4-6-14)17(18,19)20/h3-6,11-12H,2,7-10H2,1H3,(H,21,25). The van der Waals surface area contributed by atoms with Crippen molar-refractivity contribution in [1.82, 2.24) is 9.80 Å². The van der Waals surface area contributed by atoms with Gasteiger partial charge in [-0.2, -0.15) is 13.2 Å². The fraction of sp³-hybridized carbons (Fsp3) is 0.529. The van der Waals surface area contributed by atoms with Crippen molar-refractivity contribution in [3.8, 4) is 0 Å². The van der Waals surface area contributed by atoms with Crippen molar-refractivity contribution in [3.05, 3.63) is 29.8 Å². The summed E-state index contributed by atoms with van der Waals surface area (Å²) in [4.78, 5) is 27.6. The molecule has 25 heavy (non-hydrogen) atoms. The lowest BCUT2D eigenvalue weighted by Gasteiger charge is -2.22. The Balaban J connectivity index is 1.55. The molecule has 2 atom stereocenters. The number of likely N-dealkylation sites (tertiary alicyclic amines) is 2. The molecule has 3 rings (SSSR count). The highest BCUT2D eigenvalue weighted by Gasteiger charge is 2.42. The predicted molar refractivity (Wildman–Crippen MR) is 85.9 cm³/mol. The lowest BCUT2D eigenvalue weighted by molar-refractivity contribution is -0.137.